The highest BCUT2D eigenvalue weighted by atomic mass is 127. The molecule has 0 saturated heterocycles. The topological polar surface area (TPSA) is 135 Å². The maximum atomic E-state index is 12.3. The number of nitrogens with zero attached hydrogens (tertiary/aromatic N) is 2. The average molecular weight is 555 g/mol. The highest BCUT2D eigenvalue weighted by Crippen LogP contribution is 2.28. The summed E-state index contributed by atoms with van der Waals surface area (Å²) in [5.74, 6) is 1.35. The number of hydrogen-bond acceptors (Lipinski definition) is 6. The van der Waals surface area contributed by atoms with Crippen LogP contribution in [0.5, 0.6) is 0 Å². The zero-order valence-electron chi connectivity index (χ0n) is 17.0. The van der Waals surface area contributed by atoms with E-state index < -0.39 is 14.9 Å². The summed E-state index contributed by atoms with van der Waals surface area (Å²) in [7, 11) is -3.83. The van der Waals surface area contributed by atoms with Crippen LogP contribution in [0.1, 0.15) is 26.2 Å². The van der Waals surface area contributed by atoms with Gasteiger partial charge in [0, 0.05) is 51.5 Å². The molecule has 3 N–H and O–H groups in total. The van der Waals surface area contributed by atoms with Gasteiger partial charge in [0.05, 0.1) is 9.82 Å². The summed E-state index contributed by atoms with van der Waals surface area (Å²) in [5, 5.41) is 17.0. The second kappa shape index (κ2) is 13.7. The third-order valence-corrected chi connectivity index (χ3v) is 5.62. The Morgan fingerprint density at radius 2 is 2.07 bits per heavy atom. The van der Waals surface area contributed by atoms with Gasteiger partial charge in [-0.05, 0) is 38.2 Å². The van der Waals surface area contributed by atoms with Crippen molar-refractivity contribution < 1.29 is 18.1 Å². The SMILES string of the molecule is CCNC(=NCCCOCC1CC1)NCCNS(=O)(=O)c1cccc([N+](=O)[O-])c1.I. The number of nitro benzene ring substituents is 1. The summed E-state index contributed by atoms with van der Waals surface area (Å²) in [5.41, 5.74) is -0.270. The Bertz CT molecular complexity index is 802. The van der Waals surface area contributed by atoms with E-state index in [-0.39, 0.29) is 41.1 Å². The van der Waals surface area contributed by atoms with Crippen LogP contribution in [0.4, 0.5) is 5.69 Å². The van der Waals surface area contributed by atoms with Crippen LogP contribution in [-0.4, -0.2) is 58.7 Å². The molecule has 10 nitrogen and oxygen atoms in total. The van der Waals surface area contributed by atoms with Crippen molar-refractivity contribution in [1.29, 1.82) is 0 Å². The van der Waals surface area contributed by atoms with Gasteiger partial charge in [-0.1, -0.05) is 6.07 Å². The van der Waals surface area contributed by atoms with E-state index in [9.17, 15) is 18.5 Å². The lowest BCUT2D eigenvalue weighted by atomic mass is 10.3. The fraction of sp³-hybridized carbons (Fsp3) is 0.611. The monoisotopic (exact) mass is 555 g/mol. The molecule has 1 saturated carbocycles. The molecule has 1 fully saturated rings. The van der Waals surface area contributed by atoms with Crippen LogP contribution in [0.25, 0.3) is 0 Å². The minimum atomic E-state index is -3.83. The van der Waals surface area contributed by atoms with Gasteiger partial charge in [-0.15, -0.1) is 24.0 Å². The number of aliphatic imine (C=N–C) groups is 1. The largest absolute Gasteiger partial charge is 0.381 e. The van der Waals surface area contributed by atoms with Gasteiger partial charge in [0.25, 0.3) is 5.69 Å². The average Bonchev–Trinajstić information content (AvgIpc) is 3.52. The molecule has 0 unspecified atom stereocenters. The molecule has 0 heterocycles. The van der Waals surface area contributed by atoms with E-state index in [2.05, 4.69) is 20.3 Å². The zero-order chi connectivity index (χ0) is 21.1. The van der Waals surface area contributed by atoms with Gasteiger partial charge in [0.1, 0.15) is 0 Å². The van der Waals surface area contributed by atoms with Crippen LogP contribution in [0.2, 0.25) is 0 Å². The minimum Gasteiger partial charge on any atom is -0.381 e. The first-order chi connectivity index (χ1) is 13.9. The van der Waals surface area contributed by atoms with Crippen LogP contribution >= 0.6 is 24.0 Å². The molecular formula is C18H30IN5O5S. The van der Waals surface area contributed by atoms with Gasteiger partial charge in [0.2, 0.25) is 10.0 Å². The van der Waals surface area contributed by atoms with Gasteiger partial charge in [-0.25, -0.2) is 13.1 Å². The number of sulfonamides is 1. The third-order valence-electron chi connectivity index (χ3n) is 4.16. The minimum absolute atomic E-state index is 0. The Balaban J connectivity index is 0.00000450. The normalized spacial score (nSPS) is 14.1. The number of rotatable bonds is 13. The van der Waals surface area contributed by atoms with E-state index in [1.807, 2.05) is 6.92 Å². The first-order valence-electron chi connectivity index (χ1n) is 9.76. The maximum absolute atomic E-state index is 12.3. The van der Waals surface area contributed by atoms with Crippen molar-refractivity contribution in [2.75, 3.05) is 39.4 Å². The first-order valence-corrected chi connectivity index (χ1v) is 11.2. The lowest BCUT2D eigenvalue weighted by Crippen LogP contribution is -2.41. The fourth-order valence-electron chi connectivity index (χ4n) is 2.45. The molecule has 0 bridgehead atoms. The molecule has 0 spiro atoms. The Hall–Kier alpha value is -1.51. The van der Waals surface area contributed by atoms with Crippen molar-refractivity contribution in [3.05, 3.63) is 34.4 Å². The first kappa shape index (κ1) is 26.5. The molecule has 1 aliphatic carbocycles. The molecule has 0 aliphatic heterocycles. The summed E-state index contributed by atoms with van der Waals surface area (Å²) in [6.07, 6.45) is 3.37. The fourth-order valence-corrected chi connectivity index (χ4v) is 3.52. The quantitative estimate of drug-likeness (QED) is 0.0845. The summed E-state index contributed by atoms with van der Waals surface area (Å²) in [4.78, 5) is 14.5. The van der Waals surface area contributed by atoms with Crippen molar-refractivity contribution in [3.63, 3.8) is 0 Å². The number of nitro groups is 1. The molecule has 1 aliphatic rings. The molecule has 12 heteroatoms. The van der Waals surface area contributed by atoms with Crippen LogP contribution in [-0.2, 0) is 14.8 Å². The van der Waals surface area contributed by atoms with Gasteiger partial charge >= 0.3 is 0 Å². The number of nitrogens with one attached hydrogen (secondary N) is 3. The zero-order valence-corrected chi connectivity index (χ0v) is 20.1. The number of non-ortho nitro benzene ring substituents is 1. The van der Waals surface area contributed by atoms with Crippen molar-refractivity contribution in [1.82, 2.24) is 15.4 Å². The number of halogens is 1. The second-order valence-electron chi connectivity index (χ2n) is 6.71. The predicted octanol–water partition coefficient (Wildman–Crippen LogP) is 1.86. The summed E-state index contributed by atoms with van der Waals surface area (Å²) >= 11 is 0. The molecule has 0 atom stereocenters. The smallest absolute Gasteiger partial charge is 0.270 e. The predicted molar refractivity (Wildman–Crippen MR) is 126 cm³/mol. The van der Waals surface area contributed by atoms with Crippen LogP contribution in [0.3, 0.4) is 0 Å². The van der Waals surface area contributed by atoms with Crippen LogP contribution in [0, 0.1) is 16.0 Å². The van der Waals surface area contributed by atoms with E-state index >= 15 is 0 Å². The number of guanidine groups is 1. The van der Waals surface area contributed by atoms with Gasteiger partial charge in [-0.3, -0.25) is 15.1 Å². The van der Waals surface area contributed by atoms with E-state index in [0.29, 0.717) is 32.2 Å². The molecule has 2 rings (SSSR count). The lowest BCUT2D eigenvalue weighted by molar-refractivity contribution is -0.385. The van der Waals surface area contributed by atoms with Crippen LogP contribution in [0.15, 0.2) is 34.2 Å². The Labute approximate surface area is 194 Å². The highest BCUT2D eigenvalue weighted by molar-refractivity contribution is 14.0. The molecule has 30 heavy (non-hydrogen) atoms. The molecule has 170 valence electrons. The maximum Gasteiger partial charge on any atom is 0.270 e. The second-order valence-corrected chi connectivity index (χ2v) is 8.48. The van der Waals surface area contributed by atoms with Crippen molar-refractivity contribution in [2.45, 2.75) is 31.1 Å². The van der Waals surface area contributed by atoms with E-state index in [1.165, 1.54) is 31.0 Å². The lowest BCUT2D eigenvalue weighted by Gasteiger charge is -2.12. The number of benzene rings is 1. The summed E-state index contributed by atoms with van der Waals surface area (Å²) < 4.78 is 32.6. The molecular weight excluding hydrogens is 525 g/mol. The molecule has 0 aromatic heterocycles. The van der Waals surface area contributed by atoms with E-state index in [4.69, 9.17) is 4.74 Å². The molecule has 1 aromatic carbocycles. The van der Waals surface area contributed by atoms with Crippen molar-refractivity contribution in [2.24, 2.45) is 10.9 Å². The Morgan fingerprint density at radius 3 is 2.73 bits per heavy atom. The van der Waals surface area contributed by atoms with E-state index in [1.54, 1.807) is 0 Å². The molecule has 0 amide bonds. The van der Waals surface area contributed by atoms with Gasteiger partial charge < -0.3 is 15.4 Å². The van der Waals surface area contributed by atoms with Crippen molar-refractivity contribution >= 4 is 45.6 Å². The van der Waals surface area contributed by atoms with Crippen molar-refractivity contribution in [3.8, 4) is 0 Å². The molecule has 0 radical (unpaired) electrons. The van der Waals surface area contributed by atoms with E-state index in [0.717, 1.165) is 25.0 Å². The number of hydrogen-bond donors (Lipinski definition) is 3. The Kier molecular flexibility index (Phi) is 12.1. The highest BCUT2D eigenvalue weighted by Gasteiger charge is 2.20. The molecule has 1 aromatic rings. The third kappa shape index (κ3) is 10.00. The van der Waals surface area contributed by atoms with Crippen LogP contribution < -0.4 is 15.4 Å². The summed E-state index contributed by atoms with van der Waals surface area (Å²) in [6.45, 7) is 5.19. The standard InChI is InChI=1S/C18H29N5O5S.HI/c1-2-19-18(20-9-4-12-28-14-15-7-8-15)21-10-11-22-29(26,27)17-6-3-5-16(13-17)23(24)25;/h3,5-6,13,15,22H,2,4,7-12,14H2,1H3,(H2,19,20,21);1H. The van der Waals surface area contributed by atoms with Gasteiger partial charge in [0.15, 0.2) is 5.96 Å². The van der Waals surface area contributed by atoms with Gasteiger partial charge in [-0.2, -0.15) is 0 Å². The summed E-state index contributed by atoms with van der Waals surface area (Å²) in [6, 6.07) is 4.94. The Morgan fingerprint density at radius 1 is 1.30 bits per heavy atom. The number of ether oxygens (including phenoxy) is 1.